The van der Waals surface area contributed by atoms with Crippen LogP contribution in [-0.2, 0) is 4.74 Å². The van der Waals surface area contributed by atoms with Crippen LogP contribution in [0.4, 0.5) is 0 Å². The molecule has 2 nitrogen and oxygen atoms in total. The molecule has 1 aliphatic rings. The third kappa shape index (κ3) is 5.31. The van der Waals surface area contributed by atoms with E-state index in [-0.39, 0.29) is 0 Å². The second-order valence-electron chi connectivity index (χ2n) is 5.99. The summed E-state index contributed by atoms with van der Waals surface area (Å²) in [6.07, 6.45) is 4.28. The zero-order chi connectivity index (χ0) is 12.0. The van der Waals surface area contributed by atoms with Gasteiger partial charge < -0.3 is 10.1 Å². The molecule has 2 unspecified atom stereocenters. The summed E-state index contributed by atoms with van der Waals surface area (Å²) in [4.78, 5) is 0. The van der Waals surface area contributed by atoms with Gasteiger partial charge in [-0.1, -0.05) is 27.7 Å². The van der Waals surface area contributed by atoms with Gasteiger partial charge in [-0.3, -0.25) is 0 Å². The lowest BCUT2D eigenvalue weighted by Gasteiger charge is -2.33. The number of nitrogens with one attached hydrogen (secondary N) is 1. The van der Waals surface area contributed by atoms with Crippen molar-refractivity contribution < 1.29 is 4.74 Å². The smallest absolute Gasteiger partial charge is 0.0617 e. The van der Waals surface area contributed by atoms with Crippen molar-refractivity contribution in [3.05, 3.63) is 0 Å². The molecule has 96 valence electrons. The maximum absolute atomic E-state index is 5.92. The molecule has 2 atom stereocenters. The molecule has 0 spiro atoms. The molecule has 1 aliphatic heterocycles. The SMILES string of the molecule is CC(C)CNCC1CCCOC1CC(C)C. The minimum absolute atomic E-state index is 0.494. The highest BCUT2D eigenvalue weighted by atomic mass is 16.5. The van der Waals surface area contributed by atoms with Gasteiger partial charge in [-0.15, -0.1) is 0 Å². The summed E-state index contributed by atoms with van der Waals surface area (Å²) in [5.41, 5.74) is 0. The summed E-state index contributed by atoms with van der Waals surface area (Å²) in [5.74, 6) is 2.22. The topological polar surface area (TPSA) is 21.3 Å². The standard InChI is InChI=1S/C14H29NO/c1-11(2)8-14-13(6-5-7-16-14)10-15-9-12(3)4/h11-15H,5-10H2,1-4H3. The van der Waals surface area contributed by atoms with Gasteiger partial charge in [-0.05, 0) is 43.6 Å². The highest BCUT2D eigenvalue weighted by Crippen LogP contribution is 2.25. The number of hydrogen-bond acceptors (Lipinski definition) is 2. The first-order valence-corrected chi connectivity index (χ1v) is 6.92. The lowest BCUT2D eigenvalue weighted by Crippen LogP contribution is -2.38. The van der Waals surface area contributed by atoms with Crippen LogP contribution in [-0.4, -0.2) is 25.8 Å². The van der Waals surface area contributed by atoms with E-state index in [9.17, 15) is 0 Å². The maximum Gasteiger partial charge on any atom is 0.0617 e. The van der Waals surface area contributed by atoms with Crippen molar-refractivity contribution in [2.75, 3.05) is 19.7 Å². The van der Waals surface area contributed by atoms with E-state index in [1.54, 1.807) is 0 Å². The van der Waals surface area contributed by atoms with Crippen LogP contribution in [0.25, 0.3) is 0 Å². The predicted octanol–water partition coefficient (Wildman–Crippen LogP) is 3.07. The minimum Gasteiger partial charge on any atom is -0.378 e. The fourth-order valence-corrected chi connectivity index (χ4v) is 2.42. The van der Waals surface area contributed by atoms with Gasteiger partial charge in [-0.2, -0.15) is 0 Å². The van der Waals surface area contributed by atoms with Crippen LogP contribution >= 0.6 is 0 Å². The Morgan fingerprint density at radius 1 is 1.19 bits per heavy atom. The van der Waals surface area contributed by atoms with Crippen LogP contribution < -0.4 is 5.32 Å². The molecular formula is C14H29NO. The third-order valence-electron chi connectivity index (χ3n) is 3.24. The molecule has 0 aliphatic carbocycles. The van der Waals surface area contributed by atoms with Crippen LogP contribution in [0.2, 0.25) is 0 Å². The van der Waals surface area contributed by atoms with Crippen molar-refractivity contribution in [3.63, 3.8) is 0 Å². The fraction of sp³-hybridized carbons (Fsp3) is 1.00. The molecule has 0 radical (unpaired) electrons. The summed E-state index contributed by atoms with van der Waals surface area (Å²) in [5, 5.41) is 3.58. The Kier molecular flexibility index (Phi) is 6.37. The van der Waals surface area contributed by atoms with Crippen LogP contribution in [0.3, 0.4) is 0 Å². The Morgan fingerprint density at radius 2 is 1.94 bits per heavy atom. The molecule has 0 aromatic carbocycles. The van der Waals surface area contributed by atoms with Crippen LogP contribution in [0, 0.1) is 17.8 Å². The predicted molar refractivity (Wildman–Crippen MR) is 69.6 cm³/mol. The molecule has 2 heteroatoms. The fourth-order valence-electron chi connectivity index (χ4n) is 2.42. The highest BCUT2D eigenvalue weighted by molar-refractivity contribution is 4.77. The monoisotopic (exact) mass is 227 g/mol. The van der Waals surface area contributed by atoms with E-state index in [1.807, 2.05) is 0 Å². The van der Waals surface area contributed by atoms with Gasteiger partial charge >= 0.3 is 0 Å². The van der Waals surface area contributed by atoms with E-state index in [1.165, 1.54) is 19.3 Å². The molecule has 1 saturated heterocycles. The van der Waals surface area contributed by atoms with Gasteiger partial charge in [0.2, 0.25) is 0 Å². The van der Waals surface area contributed by atoms with Gasteiger partial charge in [0.25, 0.3) is 0 Å². The molecular weight excluding hydrogens is 198 g/mol. The van der Waals surface area contributed by atoms with Crippen molar-refractivity contribution in [2.24, 2.45) is 17.8 Å². The van der Waals surface area contributed by atoms with E-state index in [0.29, 0.717) is 6.10 Å². The zero-order valence-corrected chi connectivity index (χ0v) is 11.5. The third-order valence-corrected chi connectivity index (χ3v) is 3.24. The van der Waals surface area contributed by atoms with Crippen molar-refractivity contribution in [1.29, 1.82) is 0 Å². The first-order valence-electron chi connectivity index (χ1n) is 6.92. The molecule has 0 aromatic heterocycles. The van der Waals surface area contributed by atoms with Gasteiger partial charge in [0, 0.05) is 13.2 Å². The van der Waals surface area contributed by atoms with Crippen LogP contribution in [0.1, 0.15) is 47.0 Å². The van der Waals surface area contributed by atoms with E-state index < -0.39 is 0 Å². The molecule has 1 N–H and O–H groups in total. The van der Waals surface area contributed by atoms with E-state index in [4.69, 9.17) is 4.74 Å². The van der Waals surface area contributed by atoms with E-state index in [0.717, 1.165) is 37.5 Å². The van der Waals surface area contributed by atoms with Gasteiger partial charge in [0.15, 0.2) is 0 Å². The van der Waals surface area contributed by atoms with Crippen LogP contribution in [0.5, 0.6) is 0 Å². The number of rotatable bonds is 6. The van der Waals surface area contributed by atoms with Crippen molar-refractivity contribution in [2.45, 2.75) is 53.1 Å². The van der Waals surface area contributed by atoms with Gasteiger partial charge in [0.1, 0.15) is 0 Å². The average Bonchev–Trinajstić information content (AvgIpc) is 2.19. The molecule has 16 heavy (non-hydrogen) atoms. The molecule has 0 bridgehead atoms. The van der Waals surface area contributed by atoms with E-state index >= 15 is 0 Å². The molecule has 1 fully saturated rings. The van der Waals surface area contributed by atoms with Gasteiger partial charge in [0.05, 0.1) is 6.10 Å². The number of ether oxygens (including phenoxy) is 1. The largest absolute Gasteiger partial charge is 0.378 e. The first kappa shape index (κ1) is 14.0. The lowest BCUT2D eigenvalue weighted by molar-refractivity contribution is -0.0364. The maximum atomic E-state index is 5.92. The van der Waals surface area contributed by atoms with Crippen molar-refractivity contribution in [1.82, 2.24) is 5.32 Å². The Hall–Kier alpha value is -0.0800. The van der Waals surface area contributed by atoms with Gasteiger partial charge in [-0.25, -0.2) is 0 Å². The molecule has 0 amide bonds. The second-order valence-corrected chi connectivity index (χ2v) is 5.99. The molecule has 0 aromatic rings. The zero-order valence-electron chi connectivity index (χ0n) is 11.5. The summed E-state index contributed by atoms with van der Waals surface area (Å²) >= 11 is 0. The quantitative estimate of drug-likeness (QED) is 0.753. The van der Waals surface area contributed by atoms with Crippen molar-refractivity contribution in [3.8, 4) is 0 Å². The summed E-state index contributed by atoms with van der Waals surface area (Å²) in [6.45, 7) is 12.3. The Balaban J connectivity index is 2.29. The highest BCUT2D eigenvalue weighted by Gasteiger charge is 2.26. The minimum atomic E-state index is 0.494. The average molecular weight is 227 g/mol. The van der Waals surface area contributed by atoms with Crippen molar-refractivity contribution >= 4 is 0 Å². The van der Waals surface area contributed by atoms with Crippen LogP contribution in [0.15, 0.2) is 0 Å². The number of hydrogen-bond donors (Lipinski definition) is 1. The Bertz CT molecular complexity index is 180. The Labute approximate surface area is 101 Å². The van der Waals surface area contributed by atoms with E-state index in [2.05, 4.69) is 33.0 Å². The molecule has 1 rings (SSSR count). The summed E-state index contributed by atoms with van der Waals surface area (Å²) in [6, 6.07) is 0. The summed E-state index contributed by atoms with van der Waals surface area (Å²) < 4.78 is 5.92. The normalized spacial score (nSPS) is 26.6. The second kappa shape index (κ2) is 7.29. The molecule has 1 heterocycles. The Morgan fingerprint density at radius 3 is 2.56 bits per heavy atom. The molecule has 0 saturated carbocycles. The lowest BCUT2D eigenvalue weighted by atomic mass is 9.89. The first-order chi connectivity index (χ1) is 7.59. The summed E-state index contributed by atoms with van der Waals surface area (Å²) in [7, 11) is 0.